The van der Waals surface area contributed by atoms with E-state index in [4.69, 9.17) is 5.73 Å². The third-order valence-electron chi connectivity index (χ3n) is 5.85. The van der Waals surface area contributed by atoms with Gasteiger partial charge in [-0.25, -0.2) is 23.3 Å². The quantitative estimate of drug-likeness (QED) is 0.431. The molecule has 0 aliphatic rings. The molecule has 0 amide bonds. The van der Waals surface area contributed by atoms with Gasteiger partial charge < -0.3 is 10.3 Å². The minimum Gasteiger partial charge on any atom is -0.369 e. The molecular weight excluding hydrogens is 449 g/mol. The number of aryl methyl sites for hydroxylation is 2. The number of pyridine rings is 2. The summed E-state index contributed by atoms with van der Waals surface area (Å²) in [6.45, 7) is 3.72. The van der Waals surface area contributed by atoms with Crippen molar-refractivity contribution < 1.29 is 4.39 Å². The van der Waals surface area contributed by atoms with E-state index in [0.29, 0.717) is 22.6 Å². The second-order valence-corrected chi connectivity index (χ2v) is 8.33. The first-order valence-electron chi connectivity index (χ1n) is 10.9. The van der Waals surface area contributed by atoms with Crippen LogP contribution >= 0.6 is 0 Å². The zero-order valence-corrected chi connectivity index (χ0v) is 19.4. The zero-order chi connectivity index (χ0) is 24.9. The van der Waals surface area contributed by atoms with E-state index in [0.717, 1.165) is 33.1 Å². The number of hydrogen-bond donors (Lipinski definition) is 1. The average Bonchev–Trinajstić information content (AvgIpc) is 3.15. The van der Waals surface area contributed by atoms with Gasteiger partial charge in [-0.3, -0.25) is 9.78 Å². The van der Waals surface area contributed by atoms with Crippen LogP contribution in [-0.2, 0) is 13.6 Å². The number of aromatic nitrogens is 6. The fourth-order valence-electron chi connectivity index (χ4n) is 4.21. The SMILES string of the molecule is Cc1cc(-c2c(-c3ccccc3)nc(N)n3c(=O)n(Cc4ccc(F)c(=O)n4C)nc23)cc(C)n1. The van der Waals surface area contributed by atoms with E-state index < -0.39 is 17.1 Å². The lowest BCUT2D eigenvalue weighted by Gasteiger charge is -2.13. The largest absolute Gasteiger partial charge is 0.369 e. The van der Waals surface area contributed by atoms with E-state index in [9.17, 15) is 14.0 Å². The number of fused-ring (bicyclic) bond motifs is 1. The molecule has 10 heteroatoms. The minimum atomic E-state index is -0.870. The van der Waals surface area contributed by atoms with Crippen molar-refractivity contribution in [1.29, 1.82) is 0 Å². The number of rotatable bonds is 4. The predicted octanol–water partition coefficient (Wildman–Crippen LogP) is 2.71. The molecule has 4 aromatic heterocycles. The van der Waals surface area contributed by atoms with Crippen LogP contribution in [0.3, 0.4) is 0 Å². The van der Waals surface area contributed by atoms with Crippen molar-refractivity contribution in [1.82, 2.24) is 28.7 Å². The fourth-order valence-corrected chi connectivity index (χ4v) is 4.21. The van der Waals surface area contributed by atoms with Crippen LogP contribution in [-0.4, -0.2) is 28.7 Å². The van der Waals surface area contributed by atoms with Crippen molar-refractivity contribution in [3.8, 4) is 22.4 Å². The number of anilines is 1. The molecule has 0 unspecified atom stereocenters. The second kappa shape index (κ2) is 8.32. The van der Waals surface area contributed by atoms with Crippen LogP contribution in [0, 0.1) is 19.7 Å². The first-order chi connectivity index (χ1) is 16.7. The van der Waals surface area contributed by atoms with E-state index in [-0.39, 0.29) is 12.5 Å². The zero-order valence-electron chi connectivity index (χ0n) is 19.4. The lowest BCUT2D eigenvalue weighted by atomic mass is 9.99. The highest BCUT2D eigenvalue weighted by Gasteiger charge is 2.22. The lowest BCUT2D eigenvalue weighted by Crippen LogP contribution is -2.28. The monoisotopic (exact) mass is 471 g/mol. The second-order valence-electron chi connectivity index (χ2n) is 8.33. The highest BCUT2D eigenvalue weighted by atomic mass is 19.1. The van der Waals surface area contributed by atoms with E-state index in [2.05, 4.69) is 15.1 Å². The number of halogens is 1. The van der Waals surface area contributed by atoms with Crippen molar-refractivity contribution in [3.63, 3.8) is 0 Å². The molecule has 9 nitrogen and oxygen atoms in total. The van der Waals surface area contributed by atoms with Crippen LogP contribution in [0.15, 0.2) is 64.2 Å². The Morgan fingerprint density at radius 2 is 1.63 bits per heavy atom. The molecule has 0 spiro atoms. The highest BCUT2D eigenvalue weighted by Crippen LogP contribution is 2.34. The van der Waals surface area contributed by atoms with Gasteiger partial charge >= 0.3 is 5.69 Å². The Hall–Kier alpha value is -4.60. The predicted molar refractivity (Wildman–Crippen MR) is 131 cm³/mol. The van der Waals surface area contributed by atoms with Gasteiger partial charge in [0.05, 0.1) is 17.8 Å². The number of nitrogens with zero attached hydrogens (tertiary/aromatic N) is 6. The maximum absolute atomic E-state index is 13.7. The summed E-state index contributed by atoms with van der Waals surface area (Å²) in [4.78, 5) is 34.4. The molecule has 1 aromatic carbocycles. The van der Waals surface area contributed by atoms with Crippen LogP contribution in [0.5, 0.6) is 0 Å². The lowest BCUT2D eigenvalue weighted by molar-refractivity contribution is 0.564. The normalized spacial score (nSPS) is 11.3. The van der Waals surface area contributed by atoms with E-state index in [1.807, 2.05) is 56.3 Å². The molecule has 4 heterocycles. The molecule has 5 aromatic rings. The third-order valence-corrected chi connectivity index (χ3v) is 5.85. The topological polar surface area (TPSA) is 113 Å². The first-order valence-corrected chi connectivity index (χ1v) is 10.9. The van der Waals surface area contributed by atoms with Gasteiger partial charge in [-0.05, 0) is 43.7 Å². The fraction of sp³-hybridized carbons (Fsp3) is 0.160. The molecule has 0 atom stereocenters. The number of benzene rings is 1. The molecule has 176 valence electrons. The van der Waals surface area contributed by atoms with E-state index in [1.165, 1.54) is 22.2 Å². The maximum Gasteiger partial charge on any atom is 0.353 e. The molecule has 0 radical (unpaired) electrons. The van der Waals surface area contributed by atoms with Gasteiger partial charge in [0.15, 0.2) is 11.5 Å². The molecule has 0 saturated heterocycles. The van der Waals surface area contributed by atoms with Gasteiger partial charge in [0.2, 0.25) is 5.95 Å². The summed E-state index contributed by atoms with van der Waals surface area (Å²) >= 11 is 0. The van der Waals surface area contributed by atoms with Gasteiger partial charge in [-0.1, -0.05) is 30.3 Å². The molecule has 0 fully saturated rings. The third kappa shape index (κ3) is 3.78. The summed E-state index contributed by atoms with van der Waals surface area (Å²) in [6.07, 6.45) is 0. The van der Waals surface area contributed by atoms with E-state index in [1.54, 1.807) is 0 Å². The Morgan fingerprint density at radius 1 is 0.943 bits per heavy atom. The molecule has 0 aliphatic carbocycles. The van der Waals surface area contributed by atoms with Gasteiger partial charge in [0, 0.05) is 29.7 Å². The van der Waals surface area contributed by atoms with Crippen LogP contribution in [0.1, 0.15) is 17.1 Å². The number of hydrogen-bond acceptors (Lipinski definition) is 6. The van der Waals surface area contributed by atoms with Crippen molar-refractivity contribution in [2.24, 2.45) is 7.05 Å². The molecule has 2 N–H and O–H groups in total. The van der Waals surface area contributed by atoms with Crippen molar-refractivity contribution in [3.05, 3.63) is 98.3 Å². The first kappa shape index (κ1) is 22.2. The van der Waals surface area contributed by atoms with Crippen LogP contribution in [0.25, 0.3) is 28.0 Å². The average molecular weight is 471 g/mol. The smallest absolute Gasteiger partial charge is 0.353 e. The molecule has 0 aliphatic heterocycles. The Balaban J connectivity index is 1.82. The van der Waals surface area contributed by atoms with Crippen molar-refractivity contribution in [2.75, 3.05) is 5.73 Å². The Kier molecular flexibility index (Phi) is 5.28. The van der Waals surface area contributed by atoms with E-state index >= 15 is 0 Å². The molecular formula is C25H22FN7O2. The van der Waals surface area contributed by atoms with Crippen LogP contribution < -0.4 is 17.0 Å². The maximum atomic E-state index is 13.7. The Bertz CT molecular complexity index is 1700. The highest BCUT2D eigenvalue weighted by molar-refractivity contribution is 5.90. The van der Waals surface area contributed by atoms with Crippen LogP contribution in [0.4, 0.5) is 10.3 Å². The molecule has 0 saturated carbocycles. The summed E-state index contributed by atoms with van der Waals surface area (Å²) in [5, 5.41) is 4.60. The summed E-state index contributed by atoms with van der Waals surface area (Å²) in [6, 6.07) is 15.8. The van der Waals surface area contributed by atoms with Gasteiger partial charge in [0.1, 0.15) is 0 Å². The molecule has 5 rings (SSSR count). The number of nitrogen functional groups attached to an aromatic ring is 1. The minimum absolute atomic E-state index is 0.0191. The summed E-state index contributed by atoms with van der Waals surface area (Å²) in [5.74, 6) is -0.889. The Labute approximate surface area is 198 Å². The standard InChI is InChI=1S/C25H22FN7O2/c1-14-11-17(12-15(2)28-14)20-21(16-7-5-4-6-8-16)29-24(27)33-22(20)30-32(25(33)35)13-18-9-10-19(26)23(34)31(18)3/h4-12H,13H2,1-3H3,(H2,27,29). The molecule has 0 bridgehead atoms. The summed E-state index contributed by atoms with van der Waals surface area (Å²) < 4.78 is 17.2. The van der Waals surface area contributed by atoms with Crippen molar-refractivity contribution >= 4 is 11.6 Å². The van der Waals surface area contributed by atoms with Gasteiger partial charge in [-0.15, -0.1) is 5.10 Å². The Morgan fingerprint density at radius 3 is 2.31 bits per heavy atom. The summed E-state index contributed by atoms with van der Waals surface area (Å²) in [7, 11) is 1.44. The van der Waals surface area contributed by atoms with Crippen molar-refractivity contribution in [2.45, 2.75) is 20.4 Å². The molecule has 35 heavy (non-hydrogen) atoms. The van der Waals surface area contributed by atoms with Crippen LogP contribution in [0.2, 0.25) is 0 Å². The number of nitrogens with two attached hydrogens (primary N) is 1. The van der Waals surface area contributed by atoms with Gasteiger partial charge in [0.25, 0.3) is 5.56 Å². The summed E-state index contributed by atoms with van der Waals surface area (Å²) in [5.41, 5.74) is 10.1. The van der Waals surface area contributed by atoms with Gasteiger partial charge in [-0.2, -0.15) is 0 Å².